The fourth-order valence-corrected chi connectivity index (χ4v) is 2.72. The van der Waals surface area contributed by atoms with E-state index in [1.54, 1.807) is 7.11 Å². The summed E-state index contributed by atoms with van der Waals surface area (Å²) in [5.41, 5.74) is 2.09. The Morgan fingerprint density at radius 2 is 1.96 bits per heavy atom. The van der Waals surface area contributed by atoms with Gasteiger partial charge in [0.2, 0.25) is 5.91 Å². The third kappa shape index (κ3) is 3.28. The normalized spacial score (nSPS) is 17.4. The fraction of sp³-hybridized carbons (Fsp3) is 0.222. The van der Waals surface area contributed by atoms with Crippen molar-refractivity contribution in [2.24, 2.45) is 0 Å². The third-order valence-corrected chi connectivity index (χ3v) is 3.81. The van der Waals surface area contributed by atoms with Crippen molar-refractivity contribution in [3.05, 3.63) is 59.9 Å². The number of hydrogen-bond donors (Lipinski definition) is 1. The van der Waals surface area contributed by atoms with E-state index in [0.717, 1.165) is 16.2 Å². The van der Waals surface area contributed by atoms with Gasteiger partial charge in [-0.1, -0.05) is 12.1 Å². The molecule has 0 saturated carbocycles. The molecule has 0 spiro atoms. The molecule has 1 atom stereocenters. The highest BCUT2D eigenvalue weighted by atomic mass is 19.1. The van der Waals surface area contributed by atoms with E-state index in [-0.39, 0.29) is 18.2 Å². The van der Waals surface area contributed by atoms with Crippen LogP contribution in [0.15, 0.2) is 48.5 Å². The summed E-state index contributed by atoms with van der Waals surface area (Å²) in [6.07, 6.45) is 0.0602. The van der Waals surface area contributed by atoms with Gasteiger partial charge in [-0.25, -0.2) is 9.29 Å². The lowest BCUT2D eigenvalue weighted by Crippen LogP contribution is -2.34. The van der Waals surface area contributed by atoms with Gasteiger partial charge >= 0.3 is 0 Å². The highest BCUT2D eigenvalue weighted by Crippen LogP contribution is 2.25. The second-order valence-electron chi connectivity index (χ2n) is 5.58. The number of methoxy groups -OCH3 is 1. The highest BCUT2D eigenvalue weighted by molar-refractivity contribution is 6.23. The van der Waals surface area contributed by atoms with Crippen LogP contribution in [0.4, 0.5) is 15.8 Å². The van der Waals surface area contributed by atoms with Gasteiger partial charge in [0, 0.05) is 12.8 Å². The molecular formula is C18H17FN2O3. The first-order valence-electron chi connectivity index (χ1n) is 7.55. The summed E-state index contributed by atoms with van der Waals surface area (Å²) in [4.78, 5) is 25.8. The predicted octanol–water partition coefficient (Wildman–Crippen LogP) is 2.72. The van der Waals surface area contributed by atoms with E-state index in [1.165, 1.54) is 24.3 Å². The van der Waals surface area contributed by atoms with Crippen LogP contribution in [0.2, 0.25) is 0 Å². The van der Waals surface area contributed by atoms with Crippen molar-refractivity contribution in [3.8, 4) is 0 Å². The van der Waals surface area contributed by atoms with Gasteiger partial charge in [0.25, 0.3) is 5.91 Å². The minimum Gasteiger partial charge on any atom is -0.380 e. The Labute approximate surface area is 139 Å². The summed E-state index contributed by atoms with van der Waals surface area (Å²) >= 11 is 0. The number of imide groups is 1. The number of nitrogens with zero attached hydrogens (tertiary/aromatic N) is 1. The van der Waals surface area contributed by atoms with E-state index in [4.69, 9.17) is 4.74 Å². The van der Waals surface area contributed by atoms with Crippen LogP contribution in [-0.4, -0.2) is 25.0 Å². The molecule has 0 radical (unpaired) electrons. The highest BCUT2D eigenvalue weighted by Gasteiger charge is 2.39. The van der Waals surface area contributed by atoms with Crippen LogP contribution in [0.5, 0.6) is 0 Å². The largest absolute Gasteiger partial charge is 0.380 e. The number of halogens is 1. The number of ether oxygens (including phenoxy) is 1. The first-order chi connectivity index (χ1) is 11.6. The van der Waals surface area contributed by atoms with Crippen LogP contribution in [0.1, 0.15) is 12.0 Å². The van der Waals surface area contributed by atoms with Gasteiger partial charge in [-0.05, 0) is 42.0 Å². The monoisotopic (exact) mass is 328 g/mol. The number of benzene rings is 2. The number of anilines is 2. The molecule has 0 aromatic heterocycles. The summed E-state index contributed by atoms with van der Waals surface area (Å²) in [7, 11) is 1.61. The van der Waals surface area contributed by atoms with Gasteiger partial charge in [0.15, 0.2) is 0 Å². The van der Waals surface area contributed by atoms with Gasteiger partial charge < -0.3 is 10.1 Å². The number of carbonyl (C=O) groups excluding carboxylic acids is 2. The van der Waals surface area contributed by atoms with Crippen LogP contribution >= 0.6 is 0 Å². The number of hydrogen-bond acceptors (Lipinski definition) is 4. The maximum Gasteiger partial charge on any atom is 0.256 e. The molecule has 1 fully saturated rings. The lowest BCUT2D eigenvalue weighted by Gasteiger charge is -2.16. The lowest BCUT2D eigenvalue weighted by molar-refractivity contribution is -0.121. The zero-order chi connectivity index (χ0) is 17.1. The Hall–Kier alpha value is -2.73. The third-order valence-electron chi connectivity index (χ3n) is 3.81. The number of carbonyl (C=O) groups is 2. The molecule has 24 heavy (non-hydrogen) atoms. The first kappa shape index (κ1) is 16.1. The Kier molecular flexibility index (Phi) is 4.57. The molecule has 1 N–H and O–H groups in total. The maximum atomic E-state index is 13.0. The van der Waals surface area contributed by atoms with E-state index in [2.05, 4.69) is 5.32 Å². The molecular weight excluding hydrogens is 311 g/mol. The Morgan fingerprint density at radius 3 is 2.67 bits per heavy atom. The molecule has 124 valence electrons. The SMILES string of the molecule is COCc1cccc(NC2CC(=O)N(c3ccc(F)cc3)C2=O)c1. The molecule has 0 bridgehead atoms. The molecule has 2 amide bonds. The summed E-state index contributed by atoms with van der Waals surface area (Å²) in [6.45, 7) is 0.467. The molecule has 1 unspecified atom stereocenters. The van der Waals surface area contributed by atoms with Crippen molar-refractivity contribution < 1.29 is 18.7 Å². The second-order valence-corrected chi connectivity index (χ2v) is 5.58. The van der Waals surface area contributed by atoms with Gasteiger partial charge in [-0.15, -0.1) is 0 Å². The first-order valence-corrected chi connectivity index (χ1v) is 7.55. The second kappa shape index (κ2) is 6.80. The smallest absolute Gasteiger partial charge is 0.256 e. The zero-order valence-corrected chi connectivity index (χ0v) is 13.2. The van der Waals surface area contributed by atoms with E-state index in [1.807, 2.05) is 24.3 Å². The number of rotatable bonds is 5. The van der Waals surface area contributed by atoms with Crippen LogP contribution in [0, 0.1) is 5.82 Å². The Balaban J connectivity index is 1.76. The maximum absolute atomic E-state index is 13.0. The van der Waals surface area contributed by atoms with Crippen LogP contribution in [-0.2, 0) is 20.9 Å². The molecule has 5 nitrogen and oxygen atoms in total. The number of nitrogens with one attached hydrogen (secondary N) is 1. The fourth-order valence-electron chi connectivity index (χ4n) is 2.72. The summed E-state index contributed by atoms with van der Waals surface area (Å²) in [5.74, 6) is -1.07. The Morgan fingerprint density at radius 1 is 1.21 bits per heavy atom. The van der Waals surface area contributed by atoms with Crippen molar-refractivity contribution in [3.63, 3.8) is 0 Å². The lowest BCUT2D eigenvalue weighted by atomic mass is 10.2. The Bertz CT molecular complexity index is 761. The topological polar surface area (TPSA) is 58.6 Å². The molecule has 2 aromatic carbocycles. The van der Waals surface area contributed by atoms with Crippen molar-refractivity contribution in [2.45, 2.75) is 19.1 Å². The zero-order valence-electron chi connectivity index (χ0n) is 13.2. The molecule has 2 aromatic rings. The molecule has 6 heteroatoms. The van der Waals surface area contributed by atoms with Crippen molar-refractivity contribution >= 4 is 23.2 Å². The van der Waals surface area contributed by atoms with E-state index in [0.29, 0.717) is 12.3 Å². The molecule has 1 aliphatic heterocycles. The van der Waals surface area contributed by atoms with Crippen molar-refractivity contribution in [2.75, 3.05) is 17.3 Å². The van der Waals surface area contributed by atoms with Gasteiger partial charge in [-0.2, -0.15) is 0 Å². The molecule has 0 aliphatic carbocycles. The summed E-state index contributed by atoms with van der Waals surface area (Å²) in [5, 5.41) is 3.09. The van der Waals surface area contributed by atoms with Crippen LogP contribution in [0.25, 0.3) is 0 Å². The predicted molar refractivity (Wildman–Crippen MR) is 88.1 cm³/mol. The standard InChI is InChI=1S/C18H17FN2O3/c1-24-11-12-3-2-4-14(9-12)20-16-10-17(22)21(18(16)23)15-7-5-13(19)6-8-15/h2-9,16,20H,10-11H2,1H3. The average Bonchev–Trinajstić information content (AvgIpc) is 2.83. The van der Waals surface area contributed by atoms with Gasteiger partial charge in [-0.3, -0.25) is 9.59 Å². The molecule has 3 rings (SSSR count). The molecule has 1 heterocycles. The minimum absolute atomic E-state index is 0.0602. The van der Waals surface area contributed by atoms with E-state index in [9.17, 15) is 14.0 Å². The molecule has 1 aliphatic rings. The van der Waals surface area contributed by atoms with Crippen molar-refractivity contribution in [1.29, 1.82) is 0 Å². The quantitative estimate of drug-likeness (QED) is 0.858. The summed E-state index contributed by atoms with van der Waals surface area (Å²) < 4.78 is 18.1. The average molecular weight is 328 g/mol. The minimum atomic E-state index is -0.639. The molecule has 1 saturated heterocycles. The van der Waals surface area contributed by atoms with E-state index >= 15 is 0 Å². The van der Waals surface area contributed by atoms with Gasteiger partial charge in [0.05, 0.1) is 18.7 Å². The van der Waals surface area contributed by atoms with Gasteiger partial charge in [0.1, 0.15) is 11.9 Å². The summed E-state index contributed by atoms with van der Waals surface area (Å²) in [6, 6.07) is 12.1. The van der Waals surface area contributed by atoms with E-state index < -0.39 is 11.9 Å². The van der Waals surface area contributed by atoms with Crippen LogP contribution in [0.3, 0.4) is 0 Å². The number of amides is 2. The van der Waals surface area contributed by atoms with Crippen molar-refractivity contribution in [1.82, 2.24) is 0 Å². The van der Waals surface area contributed by atoms with Crippen LogP contribution < -0.4 is 10.2 Å².